The van der Waals surface area contributed by atoms with Crippen LogP contribution in [-0.2, 0) is 9.53 Å². The van der Waals surface area contributed by atoms with E-state index in [0.717, 1.165) is 11.1 Å². The van der Waals surface area contributed by atoms with Crippen molar-refractivity contribution in [3.8, 4) is 0 Å². The molecule has 1 heterocycles. The summed E-state index contributed by atoms with van der Waals surface area (Å²) in [5.41, 5.74) is 2.45. The number of carboxylic acids is 1. The van der Waals surface area contributed by atoms with Gasteiger partial charge in [0.05, 0.1) is 17.9 Å². The lowest BCUT2D eigenvalue weighted by Gasteiger charge is -2.29. The quantitative estimate of drug-likeness (QED) is 0.859. The van der Waals surface area contributed by atoms with Crippen molar-refractivity contribution in [3.05, 3.63) is 28.8 Å². The van der Waals surface area contributed by atoms with Crippen molar-refractivity contribution in [2.75, 3.05) is 24.7 Å². The molecule has 1 aliphatic rings. The minimum Gasteiger partial charge on any atom is -0.478 e. The van der Waals surface area contributed by atoms with E-state index in [1.807, 2.05) is 13.8 Å². The van der Waals surface area contributed by atoms with Crippen LogP contribution in [0.5, 0.6) is 0 Å². The van der Waals surface area contributed by atoms with Crippen molar-refractivity contribution >= 4 is 17.6 Å². The first kappa shape index (κ1) is 12.6. The number of anilines is 1. The van der Waals surface area contributed by atoms with Crippen LogP contribution in [0.25, 0.3) is 0 Å². The second kappa shape index (κ2) is 4.78. The van der Waals surface area contributed by atoms with Crippen LogP contribution in [0, 0.1) is 13.8 Å². The van der Waals surface area contributed by atoms with E-state index in [1.54, 1.807) is 12.1 Å². The van der Waals surface area contributed by atoms with Gasteiger partial charge in [-0.3, -0.25) is 4.79 Å². The molecule has 96 valence electrons. The van der Waals surface area contributed by atoms with Gasteiger partial charge in [0.25, 0.3) is 5.91 Å². The number of hydrogen-bond donors (Lipinski definition) is 1. The fourth-order valence-corrected chi connectivity index (χ4v) is 2.08. The summed E-state index contributed by atoms with van der Waals surface area (Å²) >= 11 is 0. The van der Waals surface area contributed by atoms with Crippen LogP contribution in [-0.4, -0.2) is 36.7 Å². The van der Waals surface area contributed by atoms with Gasteiger partial charge >= 0.3 is 5.97 Å². The van der Waals surface area contributed by atoms with Crippen LogP contribution in [0.4, 0.5) is 5.69 Å². The molecule has 1 saturated heterocycles. The Morgan fingerprint density at radius 3 is 2.72 bits per heavy atom. The second-order valence-electron chi connectivity index (χ2n) is 4.31. The molecule has 1 amide bonds. The molecule has 0 spiro atoms. The maximum Gasteiger partial charge on any atom is 0.337 e. The van der Waals surface area contributed by atoms with Crippen molar-refractivity contribution in [1.29, 1.82) is 0 Å². The molecule has 0 aliphatic carbocycles. The van der Waals surface area contributed by atoms with Crippen molar-refractivity contribution in [1.82, 2.24) is 0 Å². The van der Waals surface area contributed by atoms with Gasteiger partial charge in [0.1, 0.15) is 6.61 Å². The Morgan fingerprint density at radius 1 is 1.39 bits per heavy atom. The Labute approximate surface area is 105 Å². The summed E-state index contributed by atoms with van der Waals surface area (Å²) in [7, 11) is 0. The van der Waals surface area contributed by atoms with E-state index in [9.17, 15) is 14.7 Å². The molecule has 0 saturated carbocycles. The number of carboxylic acid groups (broad SMARTS) is 1. The van der Waals surface area contributed by atoms with Gasteiger partial charge < -0.3 is 14.7 Å². The molecule has 1 fully saturated rings. The third kappa shape index (κ3) is 2.09. The van der Waals surface area contributed by atoms with E-state index >= 15 is 0 Å². The minimum atomic E-state index is -1.02. The molecule has 0 unspecified atom stereocenters. The first-order valence-corrected chi connectivity index (χ1v) is 5.74. The third-order valence-corrected chi connectivity index (χ3v) is 3.19. The van der Waals surface area contributed by atoms with Gasteiger partial charge in [0, 0.05) is 6.54 Å². The van der Waals surface area contributed by atoms with Gasteiger partial charge in [0.2, 0.25) is 0 Å². The van der Waals surface area contributed by atoms with Gasteiger partial charge in [0.15, 0.2) is 0 Å². The van der Waals surface area contributed by atoms with Crippen LogP contribution in [0.1, 0.15) is 21.5 Å². The number of ether oxygens (including phenoxy) is 1. The standard InChI is InChI=1S/C13H15NO4/c1-8-3-4-10(13(16)17)12(9(8)2)14-5-6-18-7-11(14)15/h3-4H,5-7H2,1-2H3,(H,16,17). The number of morpholine rings is 1. The summed E-state index contributed by atoms with van der Waals surface area (Å²) in [6, 6.07) is 3.30. The lowest BCUT2D eigenvalue weighted by Crippen LogP contribution is -2.42. The number of aromatic carboxylic acids is 1. The monoisotopic (exact) mass is 249 g/mol. The lowest BCUT2D eigenvalue weighted by molar-refractivity contribution is -0.125. The summed E-state index contributed by atoms with van der Waals surface area (Å²) in [5.74, 6) is -1.22. The summed E-state index contributed by atoms with van der Waals surface area (Å²) in [6.07, 6.45) is 0. The molecule has 2 rings (SSSR count). The topological polar surface area (TPSA) is 66.8 Å². The molecule has 1 aromatic carbocycles. The van der Waals surface area contributed by atoms with Crippen molar-refractivity contribution in [2.24, 2.45) is 0 Å². The fraction of sp³-hybridized carbons (Fsp3) is 0.385. The van der Waals surface area contributed by atoms with Gasteiger partial charge in [-0.15, -0.1) is 0 Å². The van der Waals surface area contributed by atoms with Crippen LogP contribution in [0.15, 0.2) is 12.1 Å². The average Bonchev–Trinajstić information content (AvgIpc) is 2.33. The SMILES string of the molecule is Cc1ccc(C(=O)O)c(N2CCOCC2=O)c1C. The van der Waals surface area contributed by atoms with Gasteiger partial charge in [-0.2, -0.15) is 0 Å². The highest BCUT2D eigenvalue weighted by molar-refractivity contribution is 6.03. The molecule has 1 aliphatic heterocycles. The van der Waals surface area contributed by atoms with E-state index in [0.29, 0.717) is 18.8 Å². The zero-order valence-corrected chi connectivity index (χ0v) is 10.4. The largest absolute Gasteiger partial charge is 0.478 e. The van der Waals surface area contributed by atoms with Crippen molar-refractivity contribution in [2.45, 2.75) is 13.8 Å². The second-order valence-corrected chi connectivity index (χ2v) is 4.31. The van der Waals surface area contributed by atoms with Crippen LogP contribution in [0.3, 0.4) is 0 Å². The van der Waals surface area contributed by atoms with Crippen LogP contribution < -0.4 is 4.90 Å². The summed E-state index contributed by atoms with van der Waals surface area (Å²) in [4.78, 5) is 24.6. The van der Waals surface area contributed by atoms with Gasteiger partial charge in [-0.25, -0.2) is 4.79 Å². The smallest absolute Gasteiger partial charge is 0.337 e. The van der Waals surface area contributed by atoms with Crippen molar-refractivity contribution in [3.63, 3.8) is 0 Å². The third-order valence-electron chi connectivity index (χ3n) is 3.19. The number of nitrogens with zero attached hydrogens (tertiary/aromatic N) is 1. The Bertz CT molecular complexity index is 510. The number of rotatable bonds is 2. The number of hydrogen-bond acceptors (Lipinski definition) is 3. The normalized spacial score (nSPS) is 15.9. The lowest BCUT2D eigenvalue weighted by atomic mass is 10.0. The number of benzene rings is 1. The van der Waals surface area contributed by atoms with Crippen LogP contribution in [0.2, 0.25) is 0 Å². The van der Waals surface area contributed by atoms with E-state index in [2.05, 4.69) is 0 Å². The van der Waals surface area contributed by atoms with E-state index in [-0.39, 0.29) is 18.1 Å². The summed E-state index contributed by atoms with van der Waals surface area (Å²) in [6.45, 7) is 4.56. The average molecular weight is 249 g/mol. The highest BCUT2D eigenvalue weighted by Crippen LogP contribution is 2.29. The maximum absolute atomic E-state index is 11.8. The summed E-state index contributed by atoms with van der Waals surface area (Å²) in [5, 5.41) is 9.23. The molecule has 5 heteroatoms. The zero-order chi connectivity index (χ0) is 13.3. The highest BCUT2D eigenvalue weighted by atomic mass is 16.5. The van der Waals surface area contributed by atoms with Gasteiger partial charge in [-0.1, -0.05) is 6.07 Å². The number of amides is 1. The molecule has 0 aromatic heterocycles. The maximum atomic E-state index is 11.8. The first-order chi connectivity index (χ1) is 8.52. The Hall–Kier alpha value is -1.88. The van der Waals surface area contributed by atoms with Gasteiger partial charge in [-0.05, 0) is 31.0 Å². The molecular weight excluding hydrogens is 234 g/mol. The highest BCUT2D eigenvalue weighted by Gasteiger charge is 2.26. The van der Waals surface area contributed by atoms with Crippen molar-refractivity contribution < 1.29 is 19.4 Å². The Kier molecular flexibility index (Phi) is 3.34. The molecule has 18 heavy (non-hydrogen) atoms. The Morgan fingerprint density at radius 2 is 2.11 bits per heavy atom. The molecular formula is C13H15NO4. The zero-order valence-electron chi connectivity index (χ0n) is 10.4. The number of carbonyl (C=O) groups excluding carboxylic acids is 1. The summed E-state index contributed by atoms with van der Waals surface area (Å²) < 4.78 is 5.07. The molecule has 1 aromatic rings. The predicted octanol–water partition coefficient (Wildman–Crippen LogP) is 1.36. The first-order valence-electron chi connectivity index (χ1n) is 5.74. The van der Waals surface area contributed by atoms with E-state index in [1.165, 1.54) is 4.90 Å². The predicted molar refractivity (Wildman–Crippen MR) is 66.0 cm³/mol. The molecule has 1 N–H and O–H groups in total. The Balaban J connectivity index is 2.56. The molecule has 0 bridgehead atoms. The van der Waals surface area contributed by atoms with E-state index in [4.69, 9.17) is 4.74 Å². The fourth-order valence-electron chi connectivity index (χ4n) is 2.08. The van der Waals surface area contributed by atoms with Crippen LogP contribution >= 0.6 is 0 Å². The molecule has 0 radical (unpaired) electrons. The number of carbonyl (C=O) groups is 2. The molecule has 0 atom stereocenters. The number of aryl methyl sites for hydroxylation is 1. The molecule has 5 nitrogen and oxygen atoms in total. The minimum absolute atomic E-state index is 0.00639. The van der Waals surface area contributed by atoms with E-state index < -0.39 is 5.97 Å².